The smallest absolute Gasteiger partial charge is 0.225 e. The van der Waals surface area contributed by atoms with Crippen LogP contribution < -0.4 is 14.8 Å². The SMILES string of the molecule is COc1cc(NC(=O)CCS(=O)(=O)c2ccc(C)cc2)c(OC)cc1Cl. The van der Waals surface area contributed by atoms with Crippen LogP contribution in [0.1, 0.15) is 12.0 Å². The summed E-state index contributed by atoms with van der Waals surface area (Å²) >= 11 is 6.02. The summed E-state index contributed by atoms with van der Waals surface area (Å²) in [6, 6.07) is 9.55. The minimum atomic E-state index is -3.54. The zero-order valence-corrected chi connectivity index (χ0v) is 16.3. The van der Waals surface area contributed by atoms with Crippen LogP contribution in [0.15, 0.2) is 41.3 Å². The quantitative estimate of drug-likeness (QED) is 0.773. The summed E-state index contributed by atoms with van der Waals surface area (Å²) in [5, 5.41) is 2.97. The van der Waals surface area contributed by atoms with Crippen molar-refractivity contribution in [2.45, 2.75) is 18.2 Å². The second-order valence-electron chi connectivity index (χ2n) is 5.62. The topological polar surface area (TPSA) is 81.7 Å². The zero-order chi connectivity index (χ0) is 19.3. The fourth-order valence-corrected chi connectivity index (χ4v) is 3.73. The molecule has 2 aromatic rings. The fourth-order valence-electron chi connectivity index (χ4n) is 2.26. The van der Waals surface area contributed by atoms with Crippen LogP contribution in [-0.4, -0.2) is 34.3 Å². The number of benzene rings is 2. The van der Waals surface area contributed by atoms with Gasteiger partial charge in [-0.15, -0.1) is 0 Å². The lowest BCUT2D eigenvalue weighted by Crippen LogP contribution is -2.18. The van der Waals surface area contributed by atoms with Gasteiger partial charge in [0.15, 0.2) is 9.84 Å². The molecular weight excluding hydrogens is 378 g/mol. The van der Waals surface area contributed by atoms with E-state index in [1.807, 2.05) is 6.92 Å². The Bertz CT molecular complexity index is 895. The van der Waals surface area contributed by atoms with Crippen LogP contribution in [0.25, 0.3) is 0 Å². The van der Waals surface area contributed by atoms with Crippen molar-refractivity contribution in [1.29, 1.82) is 0 Å². The molecule has 140 valence electrons. The molecule has 0 fully saturated rings. The molecule has 1 amide bonds. The normalized spacial score (nSPS) is 11.1. The van der Waals surface area contributed by atoms with Gasteiger partial charge in [0.05, 0.1) is 35.6 Å². The van der Waals surface area contributed by atoms with Crippen molar-refractivity contribution in [3.8, 4) is 11.5 Å². The predicted molar refractivity (Wildman–Crippen MR) is 101 cm³/mol. The Morgan fingerprint density at radius 3 is 2.27 bits per heavy atom. The van der Waals surface area contributed by atoms with Gasteiger partial charge in [0.1, 0.15) is 11.5 Å². The van der Waals surface area contributed by atoms with E-state index in [4.69, 9.17) is 21.1 Å². The van der Waals surface area contributed by atoms with Gasteiger partial charge in [-0.25, -0.2) is 8.42 Å². The third kappa shape index (κ3) is 4.89. The minimum Gasteiger partial charge on any atom is -0.495 e. The zero-order valence-electron chi connectivity index (χ0n) is 14.7. The first-order chi connectivity index (χ1) is 12.3. The summed E-state index contributed by atoms with van der Waals surface area (Å²) in [4.78, 5) is 12.4. The Hall–Kier alpha value is -2.25. The van der Waals surface area contributed by atoms with Crippen molar-refractivity contribution >= 4 is 33.0 Å². The van der Waals surface area contributed by atoms with Crippen LogP contribution in [0.5, 0.6) is 11.5 Å². The third-order valence-electron chi connectivity index (χ3n) is 3.73. The van der Waals surface area contributed by atoms with E-state index in [1.165, 1.54) is 38.5 Å². The van der Waals surface area contributed by atoms with Crippen LogP contribution >= 0.6 is 11.6 Å². The third-order valence-corrected chi connectivity index (χ3v) is 5.75. The van der Waals surface area contributed by atoms with Crippen molar-refractivity contribution in [3.05, 3.63) is 47.0 Å². The molecule has 1 N–H and O–H groups in total. The highest BCUT2D eigenvalue weighted by Crippen LogP contribution is 2.35. The van der Waals surface area contributed by atoms with Gasteiger partial charge >= 0.3 is 0 Å². The van der Waals surface area contributed by atoms with Crippen molar-refractivity contribution < 1.29 is 22.7 Å². The first-order valence-electron chi connectivity index (χ1n) is 7.77. The number of halogens is 1. The monoisotopic (exact) mass is 397 g/mol. The number of aryl methyl sites for hydroxylation is 1. The standard InChI is InChI=1S/C18H20ClNO5S/c1-12-4-6-13(7-5-12)26(22,23)9-8-18(21)20-15-11-16(24-2)14(19)10-17(15)25-3/h4-7,10-11H,8-9H2,1-3H3,(H,20,21). The van der Waals surface area contributed by atoms with Crippen LogP contribution in [0.2, 0.25) is 5.02 Å². The molecule has 6 nitrogen and oxygen atoms in total. The molecule has 0 aliphatic rings. The maximum absolute atomic E-state index is 12.3. The van der Waals surface area contributed by atoms with Gasteiger partial charge in [0, 0.05) is 18.6 Å². The molecule has 2 aromatic carbocycles. The second kappa shape index (κ2) is 8.42. The van der Waals surface area contributed by atoms with E-state index < -0.39 is 15.7 Å². The molecule has 0 bridgehead atoms. The first kappa shape index (κ1) is 20.1. The number of hydrogen-bond donors (Lipinski definition) is 1. The van der Waals surface area contributed by atoms with E-state index in [0.717, 1.165) is 5.56 Å². The summed E-state index contributed by atoms with van der Waals surface area (Å²) < 4.78 is 34.9. The molecule has 0 radical (unpaired) electrons. The molecule has 8 heteroatoms. The number of carbonyl (C=O) groups is 1. The van der Waals surface area contributed by atoms with E-state index in [2.05, 4.69) is 5.32 Å². The number of nitrogens with one attached hydrogen (secondary N) is 1. The summed E-state index contributed by atoms with van der Waals surface area (Å²) in [6.45, 7) is 1.87. The predicted octanol–water partition coefficient (Wildman–Crippen LogP) is 3.47. The molecule has 0 saturated carbocycles. The van der Waals surface area contributed by atoms with Crippen molar-refractivity contribution in [1.82, 2.24) is 0 Å². The number of ether oxygens (including phenoxy) is 2. The average Bonchev–Trinajstić information content (AvgIpc) is 2.61. The molecule has 0 heterocycles. The molecule has 0 spiro atoms. The highest BCUT2D eigenvalue weighted by Gasteiger charge is 2.18. The first-order valence-corrected chi connectivity index (χ1v) is 9.80. The molecule has 0 aromatic heterocycles. The van der Waals surface area contributed by atoms with Crippen LogP contribution in [-0.2, 0) is 14.6 Å². The molecule has 26 heavy (non-hydrogen) atoms. The van der Waals surface area contributed by atoms with Gasteiger partial charge < -0.3 is 14.8 Å². The molecule has 0 aliphatic heterocycles. The molecule has 2 rings (SSSR count). The highest BCUT2D eigenvalue weighted by atomic mass is 35.5. The van der Waals surface area contributed by atoms with Gasteiger partial charge in [-0.1, -0.05) is 29.3 Å². The maximum atomic E-state index is 12.3. The van der Waals surface area contributed by atoms with Gasteiger partial charge in [-0.2, -0.15) is 0 Å². The van der Waals surface area contributed by atoms with E-state index in [-0.39, 0.29) is 17.1 Å². The fraction of sp³-hybridized carbons (Fsp3) is 0.278. The molecular formula is C18H20ClNO5S. The van der Waals surface area contributed by atoms with Crippen molar-refractivity contribution in [2.24, 2.45) is 0 Å². The van der Waals surface area contributed by atoms with E-state index in [0.29, 0.717) is 22.2 Å². The van der Waals surface area contributed by atoms with Gasteiger partial charge in [-0.3, -0.25) is 4.79 Å². The van der Waals surface area contributed by atoms with E-state index in [1.54, 1.807) is 12.1 Å². The van der Waals surface area contributed by atoms with Crippen molar-refractivity contribution in [2.75, 3.05) is 25.3 Å². The minimum absolute atomic E-state index is 0.190. The maximum Gasteiger partial charge on any atom is 0.225 e. The second-order valence-corrected chi connectivity index (χ2v) is 8.13. The Morgan fingerprint density at radius 2 is 1.69 bits per heavy atom. The number of rotatable bonds is 7. The number of hydrogen-bond acceptors (Lipinski definition) is 5. The average molecular weight is 398 g/mol. The highest BCUT2D eigenvalue weighted by molar-refractivity contribution is 7.91. The Labute approximate surface area is 158 Å². The summed E-state index contributed by atoms with van der Waals surface area (Å²) in [5.74, 6) is -0.0291. The lowest BCUT2D eigenvalue weighted by atomic mass is 10.2. The number of carbonyl (C=O) groups excluding carboxylic acids is 1. The summed E-state index contributed by atoms with van der Waals surface area (Å²) in [6.07, 6.45) is -0.190. The number of amides is 1. The van der Waals surface area contributed by atoms with Gasteiger partial charge in [0.25, 0.3) is 0 Å². The van der Waals surface area contributed by atoms with E-state index >= 15 is 0 Å². The van der Waals surface area contributed by atoms with Crippen LogP contribution in [0.3, 0.4) is 0 Å². The summed E-state index contributed by atoms with van der Waals surface area (Å²) in [7, 11) is -0.646. The summed E-state index contributed by atoms with van der Waals surface area (Å²) in [5.41, 5.74) is 1.32. The lowest BCUT2D eigenvalue weighted by molar-refractivity contribution is -0.115. The Balaban J connectivity index is 2.08. The molecule has 0 atom stereocenters. The number of sulfone groups is 1. The van der Waals surface area contributed by atoms with Crippen LogP contribution in [0, 0.1) is 6.92 Å². The number of anilines is 1. The number of methoxy groups -OCH3 is 2. The lowest BCUT2D eigenvalue weighted by Gasteiger charge is -2.13. The van der Waals surface area contributed by atoms with E-state index in [9.17, 15) is 13.2 Å². The Kier molecular flexibility index (Phi) is 6.50. The van der Waals surface area contributed by atoms with Crippen LogP contribution in [0.4, 0.5) is 5.69 Å². The van der Waals surface area contributed by atoms with Gasteiger partial charge in [0.2, 0.25) is 5.91 Å². The molecule has 0 saturated heterocycles. The molecule has 0 aliphatic carbocycles. The Morgan fingerprint density at radius 1 is 1.08 bits per heavy atom. The van der Waals surface area contributed by atoms with Gasteiger partial charge in [-0.05, 0) is 19.1 Å². The molecule has 0 unspecified atom stereocenters. The van der Waals surface area contributed by atoms with Crippen molar-refractivity contribution in [3.63, 3.8) is 0 Å². The largest absolute Gasteiger partial charge is 0.495 e.